The van der Waals surface area contributed by atoms with Gasteiger partial charge >= 0.3 is 0 Å². The Hall–Kier alpha value is -1.58. The number of Topliss-reactive ketones (excluding diaryl/α,β-unsaturated/α-hetero) is 1. The summed E-state index contributed by atoms with van der Waals surface area (Å²) in [5, 5.41) is 0. The number of rotatable bonds is 2. The third kappa shape index (κ3) is 1.79. The standard InChI is InChI=1S/C11H11FO3/c1-2-9(13)7-5-10-11(6-8(7)12)15-4-3-14-10/h5-6H,2-4H2,1H3. The number of ketones is 1. The predicted molar refractivity (Wildman–Crippen MR) is 52.0 cm³/mol. The average Bonchev–Trinajstić information content (AvgIpc) is 2.27. The van der Waals surface area contributed by atoms with Crippen molar-refractivity contribution in [2.75, 3.05) is 13.2 Å². The monoisotopic (exact) mass is 210 g/mol. The molecule has 0 aromatic heterocycles. The van der Waals surface area contributed by atoms with Crippen molar-refractivity contribution in [3.63, 3.8) is 0 Å². The number of hydrogen-bond donors (Lipinski definition) is 0. The van der Waals surface area contributed by atoms with E-state index in [4.69, 9.17) is 9.47 Å². The van der Waals surface area contributed by atoms with E-state index in [9.17, 15) is 9.18 Å². The van der Waals surface area contributed by atoms with Crippen LogP contribution in [0.5, 0.6) is 11.5 Å². The Morgan fingerprint density at radius 2 is 1.93 bits per heavy atom. The lowest BCUT2D eigenvalue weighted by Gasteiger charge is -2.19. The van der Waals surface area contributed by atoms with Gasteiger partial charge in [-0.1, -0.05) is 6.92 Å². The maximum atomic E-state index is 13.5. The minimum absolute atomic E-state index is 0.0711. The van der Waals surface area contributed by atoms with Gasteiger partial charge in [0.25, 0.3) is 0 Å². The van der Waals surface area contributed by atoms with E-state index in [0.717, 1.165) is 0 Å². The molecule has 0 amide bonds. The molecular weight excluding hydrogens is 199 g/mol. The fourth-order valence-corrected chi connectivity index (χ4v) is 1.47. The summed E-state index contributed by atoms with van der Waals surface area (Å²) in [5.41, 5.74) is 0.0711. The maximum Gasteiger partial charge on any atom is 0.165 e. The molecule has 0 saturated carbocycles. The lowest BCUT2D eigenvalue weighted by Crippen LogP contribution is -2.16. The van der Waals surface area contributed by atoms with Gasteiger partial charge in [-0.25, -0.2) is 4.39 Å². The largest absolute Gasteiger partial charge is 0.486 e. The number of fused-ring (bicyclic) bond motifs is 1. The van der Waals surface area contributed by atoms with Crippen molar-refractivity contribution in [2.24, 2.45) is 0 Å². The minimum Gasteiger partial charge on any atom is -0.486 e. The molecule has 0 unspecified atom stereocenters. The molecule has 1 aliphatic rings. The van der Waals surface area contributed by atoms with Gasteiger partial charge in [-0.15, -0.1) is 0 Å². The van der Waals surface area contributed by atoms with Crippen LogP contribution in [0.4, 0.5) is 4.39 Å². The summed E-state index contributed by atoms with van der Waals surface area (Å²) in [6, 6.07) is 2.62. The SMILES string of the molecule is CCC(=O)c1cc2c(cc1F)OCCO2. The topological polar surface area (TPSA) is 35.5 Å². The lowest BCUT2D eigenvalue weighted by molar-refractivity contribution is 0.0982. The van der Waals surface area contributed by atoms with Gasteiger partial charge in [0.15, 0.2) is 17.3 Å². The number of ether oxygens (including phenoxy) is 2. The van der Waals surface area contributed by atoms with Gasteiger partial charge in [0.2, 0.25) is 0 Å². The Balaban J connectivity index is 2.44. The van der Waals surface area contributed by atoms with Gasteiger partial charge in [0, 0.05) is 12.5 Å². The quantitative estimate of drug-likeness (QED) is 0.702. The summed E-state index contributed by atoms with van der Waals surface area (Å²) in [7, 11) is 0. The van der Waals surface area contributed by atoms with Crippen LogP contribution in [0.3, 0.4) is 0 Å². The first-order valence-electron chi connectivity index (χ1n) is 4.84. The Morgan fingerprint density at radius 1 is 1.33 bits per heavy atom. The van der Waals surface area contributed by atoms with E-state index >= 15 is 0 Å². The summed E-state index contributed by atoms with van der Waals surface area (Å²) in [4.78, 5) is 11.4. The molecule has 1 heterocycles. The smallest absolute Gasteiger partial charge is 0.165 e. The second-order valence-corrected chi connectivity index (χ2v) is 3.25. The normalized spacial score (nSPS) is 13.7. The van der Waals surface area contributed by atoms with Gasteiger partial charge in [0.1, 0.15) is 19.0 Å². The zero-order valence-corrected chi connectivity index (χ0v) is 8.38. The summed E-state index contributed by atoms with van der Waals surface area (Å²) in [6.45, 7) is 2.53. The predicted octanol–water partition coefficient (Wildman–Crippen LogP) is 2.19. The molecule has 1 aromatic rings. The number of halogens is 1. The van der Waals surface area contributed by atoms with E-state index in [1.54, 1.807) is 6.92 Å². The highest BCUT2D eigenvalue weighted by molar-refractivity contribution is 5.96. The van der Waals surface area contributed by atoms with Crippen molar-refractivity contribution in [1.82, 2.24) is 0 Å². The molecule has 15 heavy (non-hydrogen) atoms. The molecular formula is C11H11FO3. The highest BCUT2D eigenvalue weighted by Crippen LogP contribution is 2.32. The van der Waals surface area contributed by atoms with Gasteiger partial charge in [-0.3, -0.25) is 4.79 Å². The first-order valence-corrected chi connectivity index (χ1v) is 4.84. The maximum absolute atomic E-state index is 13.5. The summed E-state index contributed by atoms with van der Waals surface area (Å²) < 4.78 is 23.9. The Bertz CT molecular complexity index is 401. The van der Waals surface area contributed by atoms with Gasteiger partial charge < -0.3 is 9.47 Å². The third-order valence-corrected chi connectivity index (χ3v) is 2.25. The molecule has 0 saturated heterocycles. The Labute approximate surface area is 86.8 Å². The Morgan fingerprint density at radius 3 is 2.53 bits per heavy atom. The molecule has 0 fully saturated rings. The van der Waals surface area contributed by atoms with Crippen LogP contribution in [0.2, 0.25) is 0 Å². The summed E-state index contributed by atoms with van der Waals surface area (Å²) in [5.74, 6) is 0.0291. The van der Waals surface area contributed by atoms with Crippen LogP contribution in [0.1, 0.15) is 23.7 Å². The molecule has 0 N–H and O–H groups in total. The zero-order valence-electron chi connectivity index (χ0n) is 8.38. The van der Waals surface area contributed by atoms with Crippen LogP contribution in [-0.4, -0.2) is 19.0 Å². The van der Waals surface area contributed by atoms with Crippen LogP contribution < -0.4 is 9.47 Å². The van der Waals surface area contributed by atoms with E-state index in [1.807, 2.05) is 0 Å². The second kappa shape index (κ2) is 3.88. The minimum atomic E-state index is -0.550. The van der Waals surface area contributed by atoms with E-state index < -0.39 is 5.82 Å². The average molecular weight is 210 g/mol. The first-order chi connectivity index (χ1) is 7.22. The third-order valence-electron chi connectivity index (χ3n) is 2.25. The fraction of sp³-hybridized carbons (Fsp3) is 0.364. The lowest BCUT2D eigenvalue weighted by atomic mass is 10.1. The molecule has 3 nitrogen and oxygen atoms in total. The molecule has 0 spiro atoms. The molecule has 2 rings (SSSR count). The fourth-order valence-electron chi connectivity index (χ4n) is 1.47. The summed E-state index contributed by atoms with van der Waals surface area (Å²) in [6.07, 6.45) is 0.274. The van der Waals surface area contributed by atoms with Crippen LogP contribution in [0.25, 0.3) is 0 Å². The van der Waals surface area contributed by atoms with Gasteiger partial charge in [-0.05, 0) is 6.07 Å². The van der Waals surface area contributed by atoms with Crippen LogP contribution in [0.15, 0.2) is 12.1 Å². The van der Waals surface area contributed by atoms with E-state index in [2.05, 4.69) is 0 Å². The van der Waals surface area contributed by atoms with E-state index in [0.29, 0.717) is 24.7 Å². The molecule has 1 aliphatic heterocycles. The second-order valence-electron chi connectivity index (χ2n) is 3.25. The summed E-state index contributed by atoms with van der Waals surface area (Å²) >= 11 is 0. The first kappa shape index (κ1) is 9.96. The van der Waals surface area contributed by atoms with Crippen molar-refractivity contribution in [3.8, 4) is 11.5 Å². The number of carbonyl (C=O) groups excluding carboxylic acids is 1. The molecule has 0 aliphatic carbocycles. The van der Waals surface area contributed by atoms with Gasteiger partial charge in [0.05, 0.1) is 5.56 Å². The van der Waals surface area contributed by atoms with Crippen molar-refractivity contribution in [1.29, 1.82) is 0 Å². The number of benzene rings is 1. The highest BCUT2D eigenvalue weighted by atomic mass is 19.1. The highest BCUT2D eigenvalue weighted by Gasteiger charge is 2.18. The van der Waals surface area contributed by atoms with E-state index in [1.165, 1.54) is 12.1 Å². The molecule has 80 valence electrons. The van der Waals surface area contributed by atoms with Crippen molar-refractivity contribution < 1.29 is 18.7 Å². The van der Waals surface area contributed by atoms with Crippen LogP contribution >= 0.6 is 0 Å². The van der Waals surface area contributed by atoms with Crippen molar-refractivity contribution in [2.45, 2.75) is 13.3 Å². The molecule has 4 heteroatoms. The zero-order chi connectivity index (χ0) is 10.8. The number of hydrogen-bond acceptors (Lipinski definition) is 3. The molecule has 0 radical (unpaired) electrons. The Kier molecular flexibility index (Phi) is 2.58. The van der Waals surface area contributed by atoms with E-state index in [-0.39, 0.29) is 17.8 Å². The van der Waals surface area contributed by atoms with Crippen molar-refractivity contribution in [3.05, 3.63) is 23.5 Å². The molecule has 1 aromatic carbocycles. The van der Waals surface area contributed by atoms with Crippen molar-refractivity contribution >= 4 is 5.78 Å². The number of carbonyl (C=O) groups is 1. The van der Waals surface area contributed by atoms with Crippen LogP contribution in [0, 0.1) is 5.82 Å². The molecule has 0 bridgehead atoms. The van der Waals surface area contributed by atoms with Crippen LogP contribution in [-0.2, 0) is 0 Å². The van der Waals surface area contributed by atoms with Gasteiger partial charge in [-0.2, -0.15) is 0 Å². The molecule has 0 atom stereocenters.